The topological polar surface area (TPSA) is 146 Å². The Kier molecular flexibility index (Phi) is 15.4. The summed E-state index contributed by atoms with van der Waals surface area (Å²) in [6.07, 6.45) is 0.970. The van der Waals surface area contributed by atoms with E-state index in [1.807, 2.05) is 30.3 Å². The second kappa shape index (κ2) is 18.7. The number of hydrogen-bond acceptors (Lipinski definition) is 9. The van der Waals surface area contributed by atoms with Crippen molar-refractivity contribution in [1.29, 1.82) is 0 Å². The van der Waals surface area contributed by atoms with E-state index in [1.54, 1.807) is 65.8 Å². The van der Waals surface area contributed by atoms with E-state index < -0.39 is 47.2 Å². The largest absolute Gasteiger partial charge is 0.467 e. The standard InChI is InChI=1S/C36H50N2O9/c1-8-9-13-22-37-32(41)28(38-29(39)20-21-30(40)44-24-26-14-11-10-12-15-26)23-25-16-18-27(19-17-25)45-31(33(42)46-35(2,3)4)34(43)47-36(5,6)7/h10-12,14-19,28,31H,8-9,13,20-24H2,1-7H3,(H,37,41)(H,38,39)/t28-/m0/s1. The molecule has 0 aliphatic carbocycles. The SMILES string of the molecule is CCCCCNC(=O)[C@H](Cc1ccc(OC(C(=O)OC(C)(C)C)C(=O)OC(C)(C)C)cc1)NC(=O)CCC(=O)OCc1ccccc1. The van der Waals surface area contributed by atoms with Gasteiger partial charge in [-0.1, -0.05) is 62.2 Å². The van der Waals surface area contributed by atoms with Crippen LogP contribution in [0.4, 0.5) is 0 Å². The average molecular weight is 655 g/mol. The Morgan fingerprint density at radius 2 is 1.34 bits per heavy atom. The van der Waals surface area contributed by atoms with Gasteiger partial charge in [0.25, 0.3) is 6.10 Å². The molecule has 2 aromatic rings. The smallest absolute Gasteiger partial charge is 0.359 e. The van der Waals surface area contributed by atoms with Gasteiger partial charge in [-0.2, -0.15) is 0 Å². The molecule has 0 radical (unpaired) electrons. The van der Waals surface area contributed by atoms with Gasteiger partial charge in [0.2, 0.25) is 11.8 Å². The first-order valence-corrected chi connectivity index (χ1v) is 16.0. The van der Waals surface area contributed by atoms with E-state index in [-0.39, 0.29) is 37.5 Å². The van der Waals surface area contributed by atoms with Crippen molar-refractivity contribution >= 4 is 29.7 Å². The van der Waals surface area contributed by atoms with E-state index in [9.17, 15) is 24.0 Å². The predicted octanol–water partition coefficient (Wildman–Crippen LogP) is 4.97. The van der Waals surface area contributed by atoms with Crippen molar-refractivity contribution in [3.05, 3.63) is 65.7 Å². The van der Waals surface area contributed by atoms with Crippen LogP contribution in [0.5, 0.6) is 5.75 Å². The van der Waals surface area contributed by atoms with Crippen LogP contribution in [-0.2, 0) is 51.2 Å². The highest BCUT2D eigenvalue weighted by Crippen LogP contribution is 2.20. The minimum Gasteiger partial charge on any atom is -0.467 e. The van der Waals surface area contributed by atoms with Crippen LogP contribution in [0.2, 0.25) is 0 Å². The first-order chi connectivity index (χ1) is 22.1. The summed E-state index contributed by atoms with van der Waals surface area (Å²) >= 11 is 0. The number of ether oxygens (including phenoxy) is 4. The van der Waals surface area contributed by atoms with E-state index in [0.717, 1.165) is 24.8 Å². The maximum absolute atomic E-state index is 13.1. The van der Waals surface area contributed by atoms with Crippen molar-refractivity contribution in [2.45, 2.75) is 117 Å². The molecule has 0 aromatic heterocycles. The number of unbranched alkanes of at least 4 members (excludes halogenated alkanes) is 2. The van der Waals surface area contributed by atoms with Gasteiger partial charge in [0.05, 0.1) is 6.42 Å². The maximum Gasteiger partial charge on any atom is 0.359 e. The van der Waals surface area contributed by atoms with Crippen molar-refractivity contribution in [2.75, 3.05) is 6.54 Å². The Labute approximate surface area is 278 Å². The van der Waals surface area contributed by atoms with Crippen LogP contribution in [-0.4, -0.2) is 59.6 Å². The van der Waals surface area contributed by atoms with Gasteiger partial charge in [-0.15, -0.1) is 0 Å². The lowest BCUT2D eigenvalue weighted by atomic mass is 10.0. The average Bonchev–Trinajstić information content (AvgIpc) is 2.99. The minimum absolute atomic E-state index is 0.111. The zero-order valence-electron chi connectivity index (χ0n) is 28.7. The Morgan fingerprint density at radius 3 is 1.89 bits per heavy atom. The number of carbonyl (C=O) groups excluding carboxylic acids is 5. The molecular weight excluding hydrogens is 604 g/mol. The van der Waals surface area contributed by atoms with Crippen molar-refractivity contribution < 1.29 is 42.9 Å². The lowest BCUT2D eigenvalue weighted by Gasteiger charge is -2.26. The molecule has 11 heteroatoms. The van der Waals surface area contributed by atoms with Gasteiger partial charge < -0.3 is 29.6 Å². The number of hydrogen-bond donors (Lipinski definition) is 2. The number of rotatable bonds is 17. The highest BCUT2D eigenvalue weighted by molar-refractivity contribution is 5.98. The Bertz CT molecular complexity index is 1280. The molecule has 1 atom stereocenters. The van der Waals surface area contributed by atoms with Gasteiger partial charge in [-0.25, -0.2) is 9.59 Å². The molecule has 11 nitrogen and oxygen atoms in total. The van der Waals surface area contributed by atoms with Gasteiger partial charge in [-0.3, -0.25) is 14.4 Å². The van der Waals surface area contributed by atoms with Crippen LogP contribution in [0.25, 0.3) is 0 Å². The fraction of sp³-hybridized carbons (Fsp3) is 0.528. The second-order valence-electron chi connectivity index (χ2n) is 13.2. The molecule has 0 unspecified atom stereocenters. The zero-order valence-corrected chi connectivity index (χ0v) is 28.7. The molecule has 0 aliphatic heterocycles. The Morgan fingerprint density at radius 1 is 0.745 bits per heavy atom. The van der Waals surface area contributed by atoms with Gasteiger partial charge in [-0.05, 0) is 71.2 Å². The molecule has 2 N–H and O–H groups in total. The zero-order chi connectivity index (χ0) is 35.0. The third-order valence-electron chi connectivity index (χ3n) is 6.39. The maximum atomic E-state index is 13.1. The van der Waals surface area contributed by atoms with Crippen LogP contribution in [0.3, 0.4) is 0 Å². The Balaban J connectivity index is 2.09. The van der Waals surface area contributed by atoms with Gasteiger partial charge in [0, 0.05) is 19.4 Å². The van der Waals surface area contributed by atoms with Crippen LogP contribution in [0.1, 0.15) is 91.7 Å². The molecule has 0 saturated carbocycles. The fourth-order valence-electron chi connectivity index (χ4n) is 4.19. The summed E-state index contributed by atoms with van der Waals surface area (Å²) in [5.74, 6) is -2.90. The monoisotopic (exact) mass is 654 g/mol. The summed E-state index contributed by atoms with van der Waals surface area (Å²) < 4.78 is 21.8. The molecule has 0 heterocycles. The number of benzene rings is 2. The normalized spacial score (nSPS) is 12.1. The van der Waals surface area contributed by atoms with Gasteiger partial charge >= 0.3 is 17.9 Å². The lowest BCUT2D eigenvalue weighted by molar-refractivity contribution is -0.179. The summed E-state index contributed by atoms with van der Waals surface area (Å²) in [5, 5.41) is 5.62. The van der Waals surface area contributed by atoms with Crippen molar-refractivity contribution in [3.8, 4) is 5.75 Å². The van der Waals surface area contributed by atoms with Gasteiger partial charge in [0.15, 0.2) is 0 Å². The summed E-state index contributed by atoms with van der Waals surface area (Å²) in [4.78, 5) is 63.8. The van der Waals surface area contributed by atoms with Crippen LogP contribution in [0, 0.1) is 0 Å². The minimum atomic E-state index is -1.65. The van der Waals surface area contributed by atoms with Crippen LogP contribution < -0.4 is 15.4 Å². The molecule has 0 saturated heterocycles. The number of carbonyl (C=O) groups is 5. The third kappa shape index (κ3) is 16.1. The summed E-state index contributed by atoms with van der Waals surface area (Å²) in [6.45, 7) is 12.7. The number of nitrogens with one attached hydrogen (secondary N) is 2. The van der Waals surface area contributed by atoms with E-state index in [4.69, 9.17) is 18.9 Å². The van der Waals surface area contributed by atoms with E-state index in [0.29, 0.717) is 12.1 Å². The summed E-state index contributed by atoms with van der Waals surface area (Å²) in [7, 11) is 0. The molecule has 2 aromatic carbocycles. The third-order valence-corrected chi connectivity index (χ3v) is 6.39. The van der Waals surface area contributed by atoms with Crippen LogP contribution in [0.15, 0.2) is 54.6 Å². The molecule has 0 fully saturated rings. The Hall–Kier alpha value is -4.41. The molecule has 0 aliphatic rings. The molecule has 2 rings (SSSR count). The van der Waals surface area contributed by atoms with Crippen molar-refractivity contribution in [1.82, 2.24) is 10.6 Å². The summed E-state index contributed by atoms with van der Waals surface area (Å²) in [5.41, 5.74) is -0.195. The molecule has 258 valence electrons. The highest BCUT2D eigenvalue weighted by atomic mass is 16.6. The van der Waals surface area contributed by atoms with Gasteiger partial charge in [0.1, 0.15) is 29.6 Å². The van der Waals surface area contributed by atoms with E-state index in [2.05, 4.69) is 17.6 Å². The first-order valence-electron chi connectivity index (χ1n) is 16.0. The van der Waals surface area contributed by atoms with E-state index >= 15 is 0 Å². The predicted molar refractivity (Wildman–Crippen MR) is 176 cm³/mol. The lowest BCUT2D eigenvalue weighted by Crippen LogP contribution is -2.48. The van der Waals surface area contributed by atoms with Crippen LogP contribution >= 0.6 is 0 Å². The number of esters is 3. The van der Waals surface area contributed by atoms with Crippen molar-refractivity contribution in [3.63, 3.8) is 0 Å². The highest BCUT2D eigenvalue weighted by Gasteiger charge is 2.37. The molecular formula is C36H50N2O9. The molecule has 0 spiro atoms. The molecule has 0 bridgehead atoms. The molecule has 2 amide bonds. The second-order valence-corrected chi connectivity index (χ2v) is 13.2. The molecule has 47 heavy (non-hydrogen) atoms. The fourth-order valence-corrected chi connectivity index (χ4v) is 4.19. The quantitative estimate of drug-likeness (QED) is 0.104. The van der Waals surface area contributed by atoms with Crippen molar-refractivity contribution in [2.24, 2.45) is 0 Å². The number of amides is 2. The first kappa shape index (κ1) is 38.8. The van der Waals surface area contributed by atoms with E-state index in [1.165, 1.54) is 0 Å². The summed E-state index contributed by atoms with van der Waals surface area (Å²) in [6, 6.07) is 14.8.